The Morgan fingerprint density at radius 2 is 1.68 bits per heavy atom. The Hall–Kier alpha value is -3.15. The van der Waals surface area contributed by atoms with Gasteiger partial charge in [0.15, 0.2) is 5.82 Å². The van der Waals surface area contributed by atoms with Crippen molar-refractivity contribution in [2.45, 2.75) is 24.8 Å². The van der Waals surface area contributed by atoms with Crippen molar-refractivity contribution in [1.29, 1.82) is 0 Å². The molecular formula is C19H18F6N4O2. The van der Waals surface area contributed by atoms with Crippen LogP contribution < -0.4 is 5.73 Å². The molecule has 2 N–H and O–H groups in total. The van der Waals surface area contributed by atoms with Gasteiger partial charge in [0.1, 0.15) is 0 Å². The number of carbonyl (C=O) groups is 1. The van der Waals surface area contributed by atoms with E-state index in [1.807, 2.05) is 0 Å². The van der Waals surface area contributed by atoms with Crippen LogP contribution in [0.5, 0.6) is 0 Å². The SMILES string of the molecule is C=CC(=O)N1CCC(OC(F)(F)c2ccc(C(F)(F)F)cc2)C1.Nc1ncc(F)cn1. The predicted molar refractivity (Wildman–Crippen MR) is 98.0 cm³/mol. The number of amides is 1. The maximum absolute atomic E-state index is 14.0. The molecule has 1 atom stereocenters. The number of rotatable bonds is 4. The van der Waals surface area contributed by atoms with Gasteiger partial charge in [0.25, 0.3) is 0 Å². The second-order valence-corrected chi connectivity index (χ2v) is 6.37. The fraction of sp³-hybridized carbons (Fsp3) is 0.316. The van der Waals surface area contributed by atoms with Gasteiger partial charge in [-0.05, 0) is 36.8 Å². The topological polar surface area (TPSA) is 81.3 Å². The number of nitrogens with zero attached hydrogens (tertiary/aromatic N) is 3. The second-order valence-electron chi connectivity index (χ2n) is 6.37. The minimum absolute atomic E-state index is 0.0128. The van der Waals surface area contributed by atoms with Gasteiger partial charge in [-0.1, -0.05) is 6.58 Å². The summed E-state index contributed by atoms with van der Waals surface area (Å²) in [5.41, 5.74) is 3.36. The van der Waals surface area contributed by atoms with Gasteiger partial charge in [0.2, 0.25) is 11.9 Å². The highest BCUT2D eigenvalue weighted by Crippen LogP contribution is 2.35. The Bertz CT molecular complexity index is 867. The van der Waals surface area contributed by atoms with Gasteiger partial charge in [-0.25, -0.2) is 14.4 Å². The first-order chi connectivity index (χ1) is 14.4. The number of aromatic nitrogens is 2. The molecule has 0 radical (unpaired) electrons. The molecule has 6 nitrogen and oxygen atoms in total. The first-order valence-corrected chi connectivity index (χ1v) is 8.80. The van der Waals surface area contributed by atoms with Gasteiger partial charge in [0, 0.05) is 13.1 Å². The van der Waals surface area contributed by atoms with Crippen LogP contribution in [0, 0.1) is 5.82 Å². The van der Waals surface area contributed by atoms with Gasteiger partial charge >= 0.3 is 12.3 Å². The van der Waals surface area contributed by atoms with Crippen LogP contribution in [-0.2, 0) is 21.8 Å². The standard InChI is InChI=1S/C15H14F5NO2.C4H4FN3/c1-2-13(22)21-8-7-12(9-21)23-15(19,20)11-5-3-10(4-6-11)14(16,17)18;5-3-1-7-4(6)8-2-3/h2-6,12H,1,7-9H2;1-2H,(H2,6,7,8). The number of nitrogen functional groups attached to an aromatic ring is 1. The number of alkyl halides is 5. The Morgan fingerprint density at radius 1 is 1.13 bits per heavy atom. The molecule has 0 spiro atoms. The largest absolute Gasteiger partial charge is 0.416 e. The summed E-state index contributed by atoms with van der Waals surface area (Å²) in [6.07, 6.45) is -5.89. The predicted octanol–water partition coefficient (Wildman–Crippen LogP) is 3.76. The molecule has 1 amide bonds. The van der Waals surface area contributed by atoms with Gasteiger partial charge in [0.05, 0.1) is 29.6 Å². The lowest BCUT2D eigenvalue weighted by atomic mass is 10.1. The summed E-state index contributed by atoms with van der Waals surface area (Å²) in [6, 6.07) is 2.53. The van der Waals surface area contributed by atoms with Crippen molar-refractivity contribution in [2.75, 3.05) is 18.8 Å². The van der Waals surface area contributed by atoms with E-state index in [9.17, 15) is 31.1 Å². The zero-order valence-corrected chi connectivity index (χ0v) is 16.0. The van der Waals surface area contributed by atoms with E-state index < -0.39 is 35.3 Å². The minimum atomic E-state index is -4.59. The van der Waals surface area contributed by atoms with E-state index in [4.69, 9.17) is 10.5 Å². The van der Waals surface area contributed by atoms with E-state index in [1.165, 1.54) is 4.90 Å². The van der Waals surface area contributed by atoms with E-state index in [-0.39, 0.29) is 31.4 Å². The lowest BCUT2D eigenvalue weighted by Crippen LogP contribution is -2.31. The molecule has 1 aliphatic rings. The van der Waals surface area contributed by atoms with Gasteiger partial charge in [-0.3, -0.25) is 4.79 Å². The normalized spacial score (nSPS) is 16.5. The Kier molecular flexibility index (Phi) is 7.60. The molecular weight excluding hydrogens is 430 g/mol. The summed E-state index contributed by atoms with van der Waals surface area (Å²) in [5, 5.41) is 0. The zero-order chi connectivity index (χ0) is 23.2. The number of benzene rings is 1. The summed E-state index contributed by atoms with van der Waals surface area (Å²) in [5.74, 6) is -0.764. The summed E-state index contributed by atoms with van der Waals surface area (Å²) in [6.45, 7) is 3.56. The van der Waals surface area contributed by atoms with Crippen molar-refractivity contribution in [2.24, 2.45) is 0 Å². The third-order valence-electron chi connectivity index (χ3n) is 4.13. The maximum atomic E-state index is 14.0. The van der Waals surface area contributed by atoms with Crippen molar-refractivity contribution in [3.8, 4) is 0 Å². The lowest BCUT2D eigenvalue weighted by molar-refractivity contribution is -0.270. The van der Waals surface area contributed by atoms with Crippen LogP contribution in [-0.4, -0.2) is 40.0 Å². The summed E-state index contributed by atoms with van der Waals surface area (Å²) in [7, 11) is 0. The fourth-order valence-corrected chi connectivity index (χ4v) is 2.61. The number of hydrogen-bond donors (Lipinski definition) is 1. The Labute approximate surface area is 173 Å². The Balaban J connectivity index is 0.000000357. The minimum Gasteiger partial charge on any atom is -0.368 e. The van der Waals surface area contributed by atoms with Crippen molar-refractivity contribution in [3.05, 3.63) is 66.3 Å². The highest BCUT2D eigenvalue weighted by atomic mass is 19.4. The molecule has 0 saturated carbocycles. The molecule has 1 unspecified atom stereocenters. The molecule has 1 aliphatic heterocycles. The van der Waals surface area contributed by atoms with Crippen LogP contribution >= 0.6 is 0 Å². The number of halogens is 6. The van der Waals surface area contributed by atoms with E-state index in [2.05, 4.69) is 16.5 Å². The average molecular weight is 448 g/mol. The fourth-order valence-electron chi connectivity index (χ4n) is 2.61. The van der Waals surface area contributed by atoms with Crippen LogP contribution in [0.4, 0.5) is 32.3 Å². The maximum Gasteiger partial charge on any atom is 0.416 e. The van der Waals surface area contributed by atoms with E-state index in [0.29, 0.717) is 24.3 Å². The van der Waals surface area contributed by atoms with Crippen LogP contribution in [0.2, 0.25) is 0 Å². The third-order valence-corrected chi connectivity index (χ3v) is 4.13. The number of carbonyl (C=O) groups excluding carboxylic acids is 1. The van der Waals surface area contributed by atoms with Crippen LogP contribution in [0.25, 0.3) is 0 Å². The van der Waals surface area contributed by atoms with Crippen LogP contribution in [0.1, 0.15) is 17.5 Å². The first-order valence-electron chi connectivity index (χ1n) is 8.80. The van der Waals surface area contributed by atoms with Crippen molar-refractivity contribution in [1.82, 2.24) is 14.9 Å². The summed E-state index contributed by atoms with van der Waals surface area (Å²) < 4.78 is 81.9. The molecule has 31 heavy (non-hydrogen) atoms. The molecule has 1 fully saturated rings. The molecule has 0 aliphatic carbocycles. The van der Waals surface area contributed by atoms with E-state index in [0.717, 1.165) is 18.5 Å². The third kappa shape index (κ3) is 6.95. The lowest BCUT2D eigenvalue weighted by Gasteiger charge is -2.22. The molecule has 1 aromatic carbocycles. The van der Waals surface area contributed by atoms with Gasteiger partial charge < -0.3 is 15.4 Å². The number of likely N-dealkylation sites (tertiary alicyclic amines) is 1. The molecule has 1 saturated heterocycles. The molecule has 3 rings (SSSR count). The second kappa shape index (κ2) is 9.77. The molecule has 0 bridgehead atoms. The van der Waals surface area contributed by atoms with Crippen LogP contribution in [0.15, 0.2) is 49.3 Å². The zero-order valence-electron chi connectivity index (χ0n) is 16.0. The van der Waals surface area contributed by atoms with Crippen molar-refractivity contribution >= 4 is 11.9 Å². The summed E-state index contributed by atoms with van der Waals surface area (Å²) in [4.78, 5) is 19.4. The molecule has 12 heteroatoms. The number of ether oxygens (including phenoxy) is 1. The monoisotopic (exact) mass is 448 g/mol. The smallest absolute Gasteiger partial charge is 0.368 e. The number of anilines is 1. The molecule has 1 aromatic heterocycles. The quantitative estimate of drug-likeness (QED) is 0.569. The van der Waals surface area contributed by atoms with Crippen molar-refractivity contribution < 1.29 is 35.9 Å². The highest BCUT2D eigenvalue weighted by molar-refractivity contribution is 5.87. The Morgan fingerprint density at radius 3 is 2.16 bits per heavy atom. The van der Waals surface area contributed by atoms with E-state index >= 15 is 0 Å². The van der Waals surface area contributed by atoms with Crippen LogP contribution in [0.3, 0.4) is 0 Å². The molecule has 168 valence electrons. The molecule has 2 heterocycles. The first kappa shape index (κ1) is 24.1. The molecule has 2 aromatic rings. The van der Waals surface area contributed by atoms with Crippen molar-refractivity contribution in [3.63, 3.8) is 0 Å². The summed E-state index contributed by atoms with van der Waals surface area (Å²) >= 11 is 0. The highest BCUT2D eigenvalue weighted by Gasteiger charge is 2.40. The van der Waals surface area contributed by atoms with Gasteiger partial charge in [-0.2, -0.15) is 22.0 Å². The average Bonchev–Trinajstić information content (AvgIpc) is 3.17. The number of nitrogens with two attached hydrogens (primary N) is 1. The van der Waals surface area contributed by atoms with E-state index in [1.54, 1.807) is 0 Å². The van der Waals surface area contributed by atoms with Gasteiger partial charge in [-0.15, -0.1) is 0 Å². The number of hydrogen-bond acceptors (Lipinski definition) is 5.